The number of ether oxygens (including phenoxy) is 2. The first-order chi connectivity index (χ1) is 19.6. The Hall–Kier alpha value is -3.69. The summed E-state index contributed by atoms with van der Waals surface area (Å²) in [6.07, 6.45) is 6.29. The monoisotopic (exact) mass is 562 g/mol. The summed E-state index contributed by atoms with van der Waals surface area (Å²) < 4.78 is 28.8. The molecule has 10 heteroatoms. The highest BCUT2D eigenvalue weighted by Gasteiger charge is 2.47. The summed E-state index contributed by atoms with van der Waals surface area (Å²) in [7, 11) is 1.46. The summed E-state index contributed by atoms with van der Waals surface area (Å²) in [5, 5.41) is 0. The highest BCUT2D eigenvalue weighted by Crippen LogP contribution is 2.43. The normalized spacial score (nSPS) is 24.0. The molecule has 1 aromatic carbocycles. The summed E-state index contributed by atoms with van der Waals surface area (Å²) in [5.74, 6) is 2.09. The number of carbonyl (C=O) groups excluding carboxylic acids is 1. The van der Waals surface area contributed by atoms with Gasteiger partial charge in [-0.15, -0.1) is 0 Å². The molecule has 2 aliphatic heterocycles. The fourth-order valence-corrected chi connectivity index (χ4v) is 6.93. The van der Waals surface area contributed by atoms with Crippen molar-refractivity contribution < 1.29 is 18.7 Å². The number of fused-ring (bicyclic) bond motifs is 5. The van der Waals surface area contributed by atoms with Gasteiger partial charge in [-0.25, -0.2) is 19.3 Å². The van der Waals surface area contributed by atoms with Gasteiger partial charge in [-0.05, 0) is 64.5 Å². The first-order valence-corrected chi connectivity index (χ1v) is 14.5. The van der Waals surface area contributed by atoms with E-state index in [2.05, 4.69) is 37.8 Å². The number of nitrogens with zero attached hydrogens (tertiary/aromatic N) is 6. The van der Waals surface area contributed by atoms with Crippen molar-refractivity contribution in [1.29, 1.82) is 0 Å². The van der Waals surface area contributed by atoms with Crippen LogP contribution in [0.4, 0.5) is 10.3 Å². The Morgan fingerprint density at radius 2 is 1.80 bits per heavy atom. The molecule has 3 unspecified atom stereocenters. The van der Waals surface area contributed by atoms with Gasteiger partial charge in [-0.1, -0.05) is 6.92 Å². The second-order valence-corrected chi connectivity index (χ2v) is 12.6. The minimum Gasteiger partial charge on any atom is -0.474 e. The third kappa shape index (κ3) is 5.02. The molecule has 2 aromatic heterocycles. The molecule has 2 bridgehead atoms. The maximum absolute atomic E-state index is 15.5. The summed E-state index contributed by atoms with van der Waals surface area (Å²) >= 11 is 0. The number of imidazole rings is 1. The van der Waals surface area contributed by atoms with E-state index in [9.17, 15) is 4.79 Å². The van der Waals surface area contributed by atoms with Gasteiger partial charge < -0.3 is 23.8 Å². The SMILES string of the molecule is C=C(OC(C)(C)C)N1Cc2nc3cc(F)c(-c4cnc(N5CC6CCC(C5)C6C(=O)OC)nc4)cc3n2C(CC)C1. The second kappa shape index (κ2) is 10.3. The van der Waals surface area contributed by atoms with Crippen molar-refractivity contribution in [3.05, 3.63) is 48.6 Å². The van der Waals surface area contributed by atoms with Crippen LogP contribution >= 0.6 is 0 Å². The molecular formula is C31H39FN6O3. The van der Waals surface area contributed by atoms with E-state index in [0.29, 0.717) is 35.0 Å². The van der Waals surface area contributed by atoms with E-state index in [-0.39, 0.29) is 41.2 Å². The number of hydrogen-bond donors (Lipinski definition) is 0. The van der Waals surface area contributed by atoms with Gasteiger partial charge in [0.05, 0.1) is 36.6 Å². The molecule has 41 heavy (non-hydrogen) atoms. The number of carbonyl (C=O) groups is 1. The van der Waals surface area contributed by atoms with E-state index in [1.54, 1.807) is 12.4 Å². The van der Waals surface area contributed by atoms with Gasteiger partial charge in [0.15, 0.2) is 5.88 Å². The van der Waals surface area contributed by atoms with Crippen molar-refractivity contribution in [2.24, 2.45) is 17.8 Å². The van der Waals surface area contributed by atoms with E-state index in [1.807, 2.05) is 26.8 Å². The number of halogens is 1. The van der Waals surface area contributed by atoms with Crippen LogP contribution in [0, 0.1) is 23.6 Å². The van der Waals surface area contributed by atoms with Gasteiger partial charge in [0.1, 0.15) is 17.2 Å². The molecule has 0 N–H and O–H groups in total. The molecular weight excluding hydrogens is 523 g/mol. The van der Waals surface area contributed by atoms with Crippen LogP contribution in [0.5, 0.6) is 0 Å². The molecule has 6 rings (SSSR count). The maximum atomic E-state index is 15.5. The molecule has 1 aliphatic carbocycles. The highest BCUT2D eigenvalue weighted by molar-refractivity contribution is 5.83. The average molecular weight is 563 g/mol. The molecule has 3 aliphatic rings. The molecule has 3 atom stereocenters. The third-order valence-corrected chi connectivity index (χ3v) is 8.77. The standard InChI is InChI=1S/C31H39FN6O3/c1-7-22-16-36(18(2)41-31(3,4)5)17-27-35-25-11-24(32)23(10-26(25)38(22)27)21-12-33-30(34-13-21)37-14-19-8-9-20(15-37)28(19)29(39)40-6/h10-13,19-20,22,28H,2,7-9,14-17H2,1,3-6H3. The average Bonchev–Trinajstić information content (AvgIpc) is 3.43. The van der Waals surface area contributed by atoms with E-state index >= 15 is 4.39 Å². The molecule has 0 spiro atoms. The lowest BCUT2D eigenvalue weighted by molar-refractivity contribution is -0.148. The predicted molar refractivity (Wildman–Crippen MR) is 154 cm³/mol. The number of benzene rings is 1. The van der Waals surface area contributed by atoms with Crippen LogP contribution < -0.4 is 4.90 Å². The van der Waals surface area contributed by atoms with Crippen LogP contribution in [-0.4, -0.2) is 62.7 Å². The number of hydrogen-bond acceptors (Lipinski definition) is 8. The first-order valence-electron chi connectivity index (χ1n) is 14.5. The Labute approximate surface area is 240 Å². The molecule has 4 heterocycles. The van der Waals surface area contributed by atoms with Crippen molar-refractivity contribution in [1.82, 2.24) is 24.4 Å². The Kier molecular flexibility index (Phi) is 6.90. The van der Waals surface area contributed by atoms with E-state index in [0.717, 1.165) is 50.2 Å². The minimum absolute atomic E-state index is 0.0407. The zero-order valence-electron chi connectivity index (χ0n) is 24.6. The van der Waals surface area contributed by atoms with Crippen molar-refractivity contribution >= 4 is 23.0 Å². The van der Waals surface area contributed by atoms with Gasteiger partial charge in [0.25, 0.3) is 0 Å². The van der Waals surface area contributed by atoms with Gasteiger partial charge >= 0.3 is 5.97 Å². The molecule has 2 fully saturated rings. The number of anilines is 1. The molecule has 1 saturated heterocycles. The Morgan fingerprint density at radius 3 is 2.41 bits per heavy atom. The second-order valence-electron chi connectivity index (χ2n) is 12.6. The summed E-state index contributed by atoms with van der Waals surface area (Å²) in [6.45, 7) is 15.1. The summed E-state index contributed by atoms with van der Waals surface area (Å²) in [5.41, 5.74) is 2.26. The molecule has 1 saturated carbocycles. The van der Waals surface area contributed by atoms with Crippen molar-refractivity contribution in [3.8, 4) is 11.1 Å². The number of methoxy groups -OCH3 is 1. The van der Waals surface area contributed by atoms with Gasteiger partial charge in [-0.2, -0.15) is 0 Å². The summed E-state index contributed by atoms with van der Waals surface area (Å²) in [4.78, 5) is 30.6. The molecule has 3 aromatic rings. The maximum Gasteiger partial charge on any atom is 0.309 e. The smallest absolute Gasteiger partial charge is 0.309 e. The predicted octanol–water partition coefficient (Wildman–Crippen LogP) is 5.32. The van der Waals surface area contributed by atoms with Gasteiger partial charge in [0, 0.05) is 49.2 Å². The lowest BCUT2D eigenvalue weighted by atomic mass is 9.85. The fraction of sp³-hybridized carbons (Fsp3) is 0.548. The van der Waals surface area contributed by atoms with Crippen LogP contribution in [0.25, 0.3) is 22.2 Å². The Morgan fingerprint density at radius 1 is 1.12 bits per heavy atom. The Balaban J connectivity index is 1.26. The molecule has 0 amide bonds. The topological polar surface area (TPSA) is 85.6 Å². The van der Waals surface area contributed by atoms with Crippen LogP contribution in [0.2, 0.25) is 0 Å². The van der Waals surface area contributed by atoms with Gasteiger partial charge in [0.2, 0.25) is 5.95 Å². The van der Waals surface area contributed by atoms with Crippen LogP contribution in [-0.2, 0) is 20.8 Å². The van der Waals surface area contributed by atoms with Crippen LogP contribution in [0.15, 0.2) is 37.0 Å². The lowest BCUT2D eigenvalue weighted by Crippen LogP contribution is -2.45. The number of rotatable bonds is 6. The minimum atomic E-state index is -0.355. The van der Waals surface area contributed by atoms with E-state index in [1.165, 1.54) is 13.2 Å². The zero-order valence-corrected chi connectivity index (χ0v) is 24.6. The van der Waals surface area contributed by atoms with E-state index < -0.39 is 0 Å². The van der Waals surface area contributed by atoms with Crippen molar-refractivity contribution in [2.75, 3.05) is 31.6 Å². The third-order valence-electron chi connectivity index (χ3n) is 8.77. The van der Waals surface area contributed by atoms with Crippen molar-refractivity contribution in [3.63, 3.8) is 0 Å². The number of piperidine rings is 1. The van der Waals surface area contributed by atoms with Crippen LogP contribution in [0.1, 0.15) is 58.8 Å². The number of esters is 1. The first kappa shape index (κ1) is 27.5. The van der Waals surface area contributed by atoms with Gasteiger partial charge in [-0.3, -0.25) is 4.79 Å². The Bertz CT molecular complexity index is 1470. The number of aromatic nitrogens is 4. The lowest BCUT2D eigenvalue weighted by Gasteiger charge is -2.38. The zero-order chi connectivity index (χ0) is 29.1. The van der Waals surface area contributed by atoms with Crippen LogP contribution in [0.3, 0.4) is 0 Å². The largest absolute Gasteiger partial charge is 0.474 e. The molecule has 218 valence electrons. The fourth-order valence-electron chi connectivity index (χ4n) is 6.93. The van der Waals surface area contributed by atoms with Crippen molar-refractivity contribution in [2.45, 2.75) is 65.1 Å². The van der Waals surface area contributed by atoms with E-state index in [4.69, 9.17) is 14.5 Å². The molecule has 0 radical (unpaired) electrons. The summed E-state index contributed by atoms with van der Waals surface area (Å²) in [6, 6.07) is 3.53. The quantitative estimate of drug-likeness (QED) is 0.295. The molecule has 9 nitrogen and oxygen atoms in total. The highest BCUT2D eigenvalue weighted by atomic mass is 19.1.